The fourth-order valence-corrected chi connectivity index (χ4v) is 3.39. The van der Waals surface area contributed by atoms with Crippen molar-refractivity contribution in [1.82, 2.24) is 9.55 Å². The quantitative estimate of drug-likeness (QED) is 0.740. The van der Waals surface area contributed by atoms with Crippen LogP contribution < -0.4 is 5.73 Å². The van der Waals surface area contributed by atoms with Gasteiger partial charge in [-0.3, -0.25) is 0 Å². The van der Waals surface area contributed by atoms with Gasteiger partial charge < -0.3 is 23.6 Å². The Kier molecular flexibility index (Phi) is 10.6. The minimum Gasteiger partial charge on any atom is -0.377 e. The average Bonchev–Trinajstić information content (AvgIpc) is 2.98. The van der Waals surface area contributed by atoms with Crippen LogP contribution in [0.5, 0.6) is 0 Å². The summed E-state index contributed by atoms with van der Waals surface area (Å²) in [5.74, 6) is 0. The van der Waals surface area contributed by atoms with E-state index in [4.69, 9.17) is 19.0 Å². The summed E-state index contributed by atoms with van der Waals surface area (Å²) < 4.78 is 17.6. The van der Waals surface area contributed by atoms with E-state index in [2.05, 4.69) is 29.6 Å². The highest BCUT2D eigenvalue weighted by Gasteiger charge is 2.36. The number of hydrogen-bond acceptors (Lipinski definition) is 5. The maximum atomic E-state index is 5.36. The third kappa shape index (κ3) is 6.62. The Hall–Kier alpha value is -0.733. The molecule has 1 heterocycles. The monoisotopic (exact) mass is 303 g/mol. The summed E-state index contributed by atoms with van der Waals surface area (Å²) in [5, 5.41) is 0. The van der Waals surface area contributed by atoms with Crippen LogP contribution in [0.2, 0.25) is 6.04 Å². The van der Waals surface area contributed by atoms with Crippen molar-refractivity contribution in [2.45, 2.75) is 39.3 Å². The molecule has 1 rings (SSSR count). The summed E-state index contributed by atoms with van der Waals surface area (Å²) in [6, 6.07) is 0.785. The maximum absolute atomic E-state index is 5.36. The molecule has 0 fully saturated rings. The Morgan fingerprint density at radius 1 is 1.20 bits per heavy atom. The van der Waals surface area contributed by atoms with Gasteiger partial charge in [0.1, 0.15) is 0 Å². The summed E-state index contributed by atoms with van der Waals surface area (Å²) in [6.07, 6.45) is 5.87. The van der Waals surface area contributed by atoms with Crippen molar-refractivity contribution in [3.05, 3.63) is 18.2 Å². The zero-order valence-corrected chi connectivity index (χ0v) is 14.4. The van der Waals surface area contributed by atoms with E-state index in [1.807, 2.05) is 6.33 Å². The second-order valence-electron chi connectivity index (χ2n) is 4.24. The molecule has 0 saturated heterocycles. The Bertz CT molecular complexity index is 317. The van der Waals surface area contributed by atoms with E-state index >= 15 is 0 Å². The first kappa shape index (κ1) is 19.3. The molecule has 0 amide bonds. The zero-order valence-electron chi connectivity index (χ0n) is 13.4. The van der Waals surface area contributed by atoms with E-state index in [-0.39, 0.29) is 0 Å². The SMILES string of the molecule is CCc1cn(CC)cn1.CO[Si](CCCN)(OC)OC. The standard InChI is InChI=1S/C7H12N2.C6H17NO3Si/c1-3-7-5-9(4-2)6-8-7;1-8-11(9-2,10-3)6-4-5-7/h5-6H,3-4H2,1-2H3;4-7H2,1-3H3. The summed E-state index contributed by atoms with van der Waals surface area (Å²) >= 11 is 0. The van der Waals surface area contributed by atoms with Gasteiger partial charge in [-0.05, 0) is 26.3 Å². The average molecular weight is 303 g/mol. The van der Waals surface area contributed by atoms with E-state index in [1.54, 1.807) is 21.3 Å². The molecule has 0 spiro atoms. The van der Waals surface area contributed by atoms with Gasteiger partial charge in [0.15, 0.2) is 0 Å². The zero-order chi connectivity index (χ0) is 15.4. The topological polar surface area (TPSA) is 71.5 Å². The molecule has 2 N–H and O–H groups in total. The Morgan fingerprint density at radius 3 is 2.10 bits per heavy atom. The summed E-state index contributed by atoms with van der Waals surface area (Å²) in [7, 11) is 2.50. The highest BCUT2D eigenvalue weighted by atomic mass is 28.4. The third-order valence-corrected chi connectivity index (χ3v) is 5.87. The van der Waals surface area contributed by atoms with Crippen LogP contribution in [-0.2, 0) is 26.2 Å². The predicted molar refractivity (Wildman–Crippen MR) is 82.5 cm³/mol. The second kappa shape index (κ2) is 11.0. The molecule has 118 valence electrons. The second-order valence-corrected chi connectivity index (χ2v) is 7.33. The van der Waals surface area contributed by atoms with Crippen molar-refractivity contribution in [3.63, 3.8) is 0 Å². The molecule has 0 aliphatic heterocycles. The van der Waals surface area contributed by atoms with Gasteiger partial charge in [-0.1, -0.05) is 6.92 Å². The van der Waals surface area contributed by atoms with Gasteiger partial charge in [-0.25, -0.2) is 4.98 Å². The smallest absolute Gasteiger partial charge is 0.377 e. The largest absolute Gasteiger partial charge is 0.500 e. The van der Waals surface area contributed by atoms with Crippen molar-refractivity contribution in [1.29, 1.82) is 0 Å². The maximum Gasteiger partial charge on any atom is 0.500 e. The predicted octanol–water partition coefficient (Wildman–Crippen LogP) is 1.68. The first-order valence-electron chi connectivity index (χ1n) is 6.97. The van der Waals surface area contributed by atoms with Crippen LogP contribution >= 0.6 is 0 Å². The molecular weight excluding hydrogens is 274 g/mol. The molecule has 0 unspecified atom stereocenters. The van der Waals surface area contributed by atoms with Crippen LogP contribution in [0.1, 0.15) is 26.0 Å². The number of aromatic nitrogens is 2. The van der Waals surface area contributed by atoms with Crippen LogP contribution in [0.4, 0.5) is 0 Å². The van der Waals surface area contributed by atoms with Crippen LogP contribution in [0.3, 0.4) is 0 Å². The number of nitrogens with zero attached hydrogens (tertiary/aromatic N) is 2. The number of aryl methyl sites for hydroxylation is 2. The highest BCUT2D eigenvalue weighted by molar-refractivity contribution is 6.60. The molecule has 0 bridgehead atoms. The third-order valence-electron chi connectivity index (χ3n) is 3.03. The van der Waals surface area contributed by atoms with Crippen molar-refractivity contribution in [3.8, 4) is 0 Å². The highest BCUT2D eigenvalue weighted by Crippen LogP contribution is 2.13. The van der Waals surface area contributed by atoms with Gasteiger partial charge in [0.05, 0.1) is 12.0 Å². The van der Waals surface area contributed by atoms with Crippen molar-refractivity contribution in [2.24, 2.45) is 5.73 Å². The fraction of sp³-hybridized carbons (Fsp3) is 0.769. The first-order chi connectivity index (χ1) is 9.61. The van der Waals surface area contributed by atoms with Crippen LogP contribution in [0.25, 0.3) is 0 Å². The number of imidazole rings is 1. The minimum absolute atomic E-state index is 0.644. The van der Waals surface area contributed by atoms with E-state index in [1.165, 1.54) is 5.69 Å². The van der Waals surface area contributed by atoms with Crippen molar-refractivity contribution in [2.75, 3.05) is 27.9 Å². The Morgan fingerprint density at radius 2 is 1.80 bits per heavy atom. The summed E-state index contributed by atoms with van der Waals surface area (Å²) in [4.78, 5) is 4.17. The van der Waals surface area contributed by atoms with E-state index < -0.39 is 8.80 Å². The van der Waals surface area contributed by atoms with Gasteiger partial charge in [0.25, 0.3) is 0 Å². The number of nitrogens with two attached hydrogens (primary N) is 1. The number of rotatable bonds is 8. The van der Waals surface area contributed by atoms with E-state index in [9.17, 15) is 0 Å². The molecule has 0 aliphatic carbocycles. The van der Waals surface area contributed by atoms with Gasteiger partial charge in [0.2, 0.25) is 0 Å². The van der Waals surface area contributed by atoms with E-state index in [0.717, 1.165) is 25.4 Å². The van der Waals surface area contributed by atoms with Crippen molar-refractivity contribution >= 4 is 8.80 Å². The summed E-state index contributed by atoms with van der Waals surface area (Å²) in [5.41, 5.74) is 6.53. The fourth-order valence-electron chi connectivity index (χ4n) is 1.64. The Labute approximate surface area is 123 Å². The molecule has 0 aliphatic rings. The molecule has 0 aromatic carbocycles. The molecule has 0 radical (unpaired) electrons. The van der Waals surface area contributed by atoms with E-state index in [0.29, 0.717) is 6.54 Å². The normalized spacial score (nSPS) is 11.1. The molecule has 1 aromatic heterocycles. The van der Waals surface area contributed by atoms with Gasteiger partial charge in [0, 0.05) is 40.1 Å². The molecule has 7 heteroatoms. The lowest BCUT2D eigenvalue weighted by atomic mass is 10.4. The molecule has 0 saturated carbocycles. The van der Waals surface area contributed by atoms with Gasteiger partial charge in [-0.2, -0.15) is 0 Å². The van der Waals surface area contributed by atoms with Crippen LogP contribution in [-0.4, -0.2) is 46.2 Å². The lowest BCUT2D eigenvalue weighted by Crippen LogP contribution is -2.42. The lowest BCUT2D eigenvalue weighted by Gasteiger charge is -2.23. The first-order valence-corrected chi connectivity index (χ1v) is 8.90. The van der Waals surface area contributed by atoms with Gasteiger partial charge >= 0.3 is 8.80 Å². The molecule has 1 aromatic rings. The van der Waals surface area contributed by atoms with Crippen molar-refractivity contribution < 1.29 is 13.3 Å². The van der Waals surface area contributed by atoms with Crippen LogP contribution in [0.15, 0.2) is 12.5 Å². The molecule has 6 nitrogen and oxygen atoms in total. The summed E-state index contributed by atoms with van der Waals surface area (Å²) in [6.45, 7) is 5.89. The Balaban J connectivity index is 0.000000367. The minimum atomic E-state index is -2.32. The molecule has 20 heavy (non-hydrogen) atoms. The lowest BCUT2D eigenvalue weighted by molar-refractivity contribution is 0.123. The van der Waals surface area contributed by atoms with Gasteiger partial charge in [-0.15, -0.1) is 0 Å². The van der Waals surface area contributed by atoms with Crippen LogP contribution in [0, 0.1) is 0 Å². The molecular formula is C13H29N3O3Si. The molecule has 0 atom stereocenters. The number of hydrogen-bond donors (Lipinski definition) is 1.